The summed E-state index contributed by atoms with van der Waals surface area (Å²) in [6.45, 7) is 0. The van der Waals surface area contributed by atoms with Crippen LogP contribution < -0.4 is 9.61 Å². The zero-order chi connectivity index (χ0) is 12.6. The lowest BCUT2D eigenvalue weighted by atomic mass is 10.1. The maximum atomic E-state index is 11.9. The molecule has 0 radical (unpaired) electrons. The van der Waals surface area contributed by atoms with Crippen LogP contribution in [0.1, 0.15) is 12.8 Å². The van der Waals surface area contributed by atoms with Crippen molar-refractivity contribution in [3.63, 3.8) is 0 Å². The van der Waals surface area contributed by atoms with E-state index in [9.17, 15) is 9.46 Å². The highest BCUT2D eigenvalue weighted by Crippen LogP contribution is 2.44. The highest BCUT2D eigenvalue weighted by Gasteiger charge is 2.32. The molecule has 0 aromatic heterocycles. The first-order chi connectivity index (χ1) is 8.64. The van der Waals surface area contributed by atoms with E-state index in [2.05, 4.69) is 5.09 Å². The van der Waals surface area contributed by atoms with Gasteiger partial charge in [0.2, 0.25) is 0 Å². The minimum atomic E-state index is -3.76. The van der Waals surface area contributed by atoms with Gasteiger partial charge >= 0.3 is 7.75 Å². The van der Waals surface area contributed by atoms with Crippen molar-refractivity contribution in [3.05, 3.63) is 42.5 Å². The topological polar surface area (TPSA) is 58.6 Å². The lowest BCUT2D eigenvalue weighted by molar-refractivity contribution is 0.365. The summed E-state index contributed by atoms with van der Waals surface area (Å²) in [7, 11) is -3.76. The van der Waals surface area contributed by atoms with E-state index < -0.39 is 7.75 Å². The molecule has 3 rings (SSSR count). The third-order valence-corrected chi connectivity index (χ3v) is 4.03. The van der Waals surface area contributed by atoms with E-state index in [0.717, 1.165) is 23.6 Å². The van der Waals surface area contributed by atoms with Crippen LogP contribution >= 0.6 is 7.75 Å². The Morgan fingerprint density at radius 1 is 1.17 bits per heavy atom. The normalized spacial score (nSPS) is 18.5. The zero-order valence-electron chi connectivity index (χ0n) is 9.74. The Balaban J connectivity index is 1.91. The Morgan fingerprint density at radius 2 is 1.89 bits per heavy atom. The smallest absolute Gasteiger partial charge is 0.413 e. The molecule has 1 atom stereocenters. The van der Waals surface area contributed by atoms with Crippen LogP contribution in [0.5, 0.6) is 5.75 Å². The highest BCUT2D eigenvalue weighted by atomic mass is 31.2. The summed E-state index contributed by atoms with van der Waals surface area (Å²) in [6, 6.07) is 13.2. The van der Waals surface area contributed by atoms with Crippen LogP contribution in [0.4, 0.5) is 0 Å². The molecular weight excluding hydrogens is 249 g/mol. The number of rotatable bonds is 4. The molecule has 1 aliphatic carbocycles. The van der Waals surface area contributed by atoms with E-state index in [1.807, 2.05) is 36.4 Å². The molecule has 1 saturated carbocycles. The highest BCUT2D eigenvalue weighted by molar-refractivity contribution is 7.51. The molecule has 0 amide bonds. The molecule has 0 bridgehead atoms. The summed E-state index contributed by atoms with van der Waals surface area (Å²) in [4.78, 5) is 9.76. The van der Waals surface area contributed by atoms with Crippen molar-refractivity contribution < 1.29 is 14.0 Å². The molecule has 1 unspecified atom stereocenters. The van der Waals surface area contributed by atoms with E-state index in [1.165, 1.54) is 0 Å². The van der Waals surface area contributed by atoms with Crippen molar-refractivity contribution in [1.82, 2.24) is 5.09 Å². The van der Waals surface area contributed by atoms with Crippen LogP contribution in [0.2, 0.25) is 0 Å². The lowest BCUT2D eigenvalue weighted by Crippen LogP contribution is -2.16. The lowest BCUT2D eigenvalue weighted by Gasteiger charge is -2.15. The van der Waals surface area contributed by atoms with E-state index in [0.29, 0.717) is 5.75 Å². The predicted molar refractivity (Wildman–Crippen MR) is 70.6 cm³/mol. The zero-order valence-corrected chi connectivity index (χ0v) is 10.6. The fourth-order valence-electron chi connectivity index (χ4n) is 1.88. The monoisotopic (exact) mass is 263 g/mol. The molecule has 4 nitrogen and oxygen atoms in total. The van der Waals surface area contributed by atoms with Crippen molar-refractivity contribution in [1.29, 1.82) is 0 Å². The molecule has 94 valence electrons. The summed E-state index contributed by atoms with van der Waals surface area (Å²) in [5.41, 5.74) is 0. The second-order valence-corrected chi connectivity index (χ2v) is 5.97. The van der Waals surface area contributed by atoms with E-state index >= 15 is 0 Å². The van der Waals surface area contributed by atoms with Gasteiger partial charge in [-0.3, -0.25) is 0 Å². The van der Waals surface area contributed by atoms with Gasteiger partial charge in [0.25, 0.3) is 0 Å². The summed E-state index contributed by atoms with van der Waals surface area (Å²) in [6.07, 6.45) is 1.87. The number of hydrogen-bond acceptors (Lipinski definition) is 2. The van der Waals surface area contributed by atoms with Gasteiger partial charge in [-0.15, -0.1) is 0 Å². The Kier molecular flexibility index (Phi) is 2.86. The fourth-order valence-corrected chi connectivity index (χ4v) is 3.08. The summed E-state index contributed by atoms with van der Waals surface area (Å²) in [5, 5.41) is 4.46. The quantitative estimate of drug-likeness (QED) is 0.832. The molecule has 1 fully saturated rings. The molecule has 0 saturated heterocycles. The van der Waals surface area contributed by atoms with Gasteiger partial charge in [-0.2, -0.15) is 0 Å². The van der Waals surface area contributed by atoms with Crippen molar-refractivity contribution in [2.75, 3.05) is 0 Å². The first-order valence-corrected chi connectivity index (χ1v) is 7.50. The minimum Gasteiger partial charge on any atom is -0.413 e. The number of nitrogens with one attached hydrogen (secondary N) is 1. The molecule has 2 aromatic rings. The predicted octanol–water partition coefficient (Wildman–Crippen LogP) is 3.07. The van der Waals surface area contributed by atoms with Gasteiger partial charge in [0, 0.05) is 11.4 Å². The van der Waals surface area contributed by atoms with Gasteiger partial charge in [0.1, 0.15) is 5.75 Å². The summed E-state index contributed by atoms with van der Waals surface area (Å²) in [5.74, 6) is 0.437. The van der Waals surface area contributed by atoms with Crippen LogP contribution in [0.15, 0.2) is 42.5 Å². The molecule has 2 N–H and O–H groups in total. The van der Waals surface area contributed by atoms with Gasteiger partial charge in [-0.25, -0.2) is 9.65 Å². The van der Waals surface area contributed by atoms with Gasteiger partial charge in [0.15, 0.2) is 0 Å². The van der Waals surface area contributed by atoms with Crippen LogP contribution in [0.3, 0.4) is 0 Å². The van der Waals surface area contributed by atoms with Crippen molar-refractivity contribution in [2.24, 2.45) is 0 Å². The van der Waals surface area contributed by atoms with E-state index in [4.69, 9.17) is 4.52 Å². The minimum absolute atomic E-state index is 0.121. The summed E-state index contributed by atoms with van der Waals surface area (Å²) < 4.78 is 17.2. The molecule has 2 aromatic carbocycles. The standard InChI is InChI=1S/C13H14NO3P/c15-18(16,14-11-8-9-11)17-13-7-3-5-10-4-1-2-6-12(10)13/h1-7,11H,8-9H2,(H2,14,15,16). The van der Waals surface area contributed by atoms with Crippen LogP contribution in [0, 0.1) is 0 Å². The Bertz CT molecular complexity index is 619. The second-order valence-electron chi connectivity index (χ2n) is 4.49. The van der Waals surface area contributed by atoms with Gasteiger partial charge in [-0.1, -0.05) is 36.4 Å². The molecule has 1 aliphatic rings. The Labute approximate surface area is 105 Å². The largest absolute Gasteiger partial charge is 0.456 e. The van der Waals surface area contributed by atoms with Gasteiger partial charge in [0.05, 0.1) is 0 Å². The number of benzene rings is 2. The third kappa shape index (κ3) is 2.56. The molecular formula is C13H14NO3P. The average Bonchev–Trinajstić information content (AvgIpc) is 3.12. The van der Waals surface area contributed by atoms with Crippen LogP contribution in [0.25, 0.3) is 10.8 Å². The van der Waals surface area contributed by atoms with Crippen LogP contribution in [-0.4, -0.2) is 10.9 Å². The van der Waals surface area contributed by atoms with Crippen molar-refractivity contribution >= 4 is 18.5 Å². The summed E-state index contributed by atoms with van der Waals surface area (Å²) >= 11 is 0. The Morgan fingerprint density at radius 3 is 2.67 bits per heavy atom. The van der Waals surface area contributed by atoms with E-state index in [1.54, 1.807) is 6.07 Å². The van der Waals surface area contributed by atoms with Crippen molar-refractivity contribution in [2.45, 2.75) is 18.9 Å². The maximum Gasteiger partial charge on any atom is 0.456 e. The van der Waals surface area contributed by atoms with Crippen LogP contribution in [-0.2, 0) is 4.57 Å². The molecule has 5 heteroatoms. The molecule has 0 heterocycles. The third-order valence-electron chi connectivity index (χ3n) is 2.89. The number of hydrogen-bond donors (Lipinski definition) is 2. The first-order valence-electron chi connectivity index (χ1n) is 5.92. The maximum absolute atomic E-state index is 11.9. The average molecular weight is 263 g/mol. The molecule has 0 aliphatic heterocycles. The van der Waals surface area contributed by atoms with E-state index in [-0.39, 0.29) is 6.04 Å². The van der Waals surface area contributed by atoms with Gasteiger partial charge in [-0.05, 0) is 24.3 Å². The molecule has 18 heavy (non-hydrogen) atoms. The molecule has 0 spiro atoms. The van der Waals surface area contributed by atoms with Crippen molar-refractivity contribution in [3.8, 4) is 5.75 Å². The number of fused-ring (bicyclic) bond motifs is 1. The SMILES string of the molecule is O=P(O)(NC1CC1)Oc1cccc2ccccc12. The second kappa shape index (κ2) is 4.39. The Hall–Kier alpha value is -1.35. The first kappa shape index (κ1) is 11.7. The van der Waals surface area contributed by atoms with Gasteiger partial charge < -0.3 is 9.42 Å². The fraction of sp³-hybridized carbons (Fsp3) is 0.231.